The van der Waals surface area contributed by atoms with Crippen molar-refractivity contribution in [2.24, 2.45) is 5.41 Å². The average molecular weight is 179 g/mol. The Bertz CT molecular complexity index is 94.5. The summed E-state index contributed by atoms with van der Waals surface area (Å²) in [6, 6.07) is 0. The molecule has 0 aromatic carbocycles. The molecule has 1 nitrogen and oxygen atoms in total. The molecular formula is C6H11BrO. The highest BCUT2D eigenvalue weighted by atomic mass is 79.9. The fourth-order valence-corrected chi connectivity index (χ4v) is 1.70. The highest BCUT2D eigenvalue weighted by molar-refractivity contribution is 9.09. The maximum atomic E-state index is 5.01. The maximum Gasteiger partial charge on any atom is 0.0527 e. The first-order valence-corrected chi connectivity index (χ1v) is 3.73. The molecule has 1 aliphatic carbocycles. The smallest absolute Gasteiger partial charge is 0.0527 e. The zero-order valence-corrected chi connectivity index (χ0v) is 6.86. The maximum absolute atomic E-state index is 5.01. The number of hydrogen-bond acceptors (Lipinski definition) is 1. The van der Waals surface area contributed by atoms with Gasteiger partial charge in [-0.15, -0.1) is 0 Å². The van der Waals surface area contributed by atoms with Gasteiger partial charge in [0.1, 0.15) is 0 Å². The van der Waals surface area contributed by atoms with E-state index in [0.717, 1.165) is 6.61 Å². The lowest BCUT2D eigenvalue weighted by molar-refractivity contribution is 0.151. The largest absolute Gasteiger partial charge is 0.384 e. The molecule has 0 aliphatic heterocycles. The minimum absolute atomic E-state index is 0.453. The van der Waals surface area contributed by atoms with Gasteiger partial charge in [0.25, 0.3) is 0 Å². The molecule has 0 aromatic heterocycles. The van der Waals surface area contributed by atoms with Crippen molar-refractivity contribution in [2.45, 2.75) is 18.2 Å². The van der Waals surface area contributed by atoms with Gasteiger partial charge in [-0.3, -0.25) is 0 Å². The number of methoxy groups -OCH3 is 1. The third-order valence-corrected chi connectivity index (χ3v) is 3.14. The average Bonchev–Trinajstić information content (AvgIpc) is 2.16. The predicted molar refractivity (Wildman–Crippen MR) is 37.3 cm³/mol. The quantitative estimate of drug-likeness (QED) is 0.587. The molecule has 1 saturated carbocycles. The summed E-state index contributed by atoms with van der Waals surface area (Å²) in [5, 5.41) is 0. The number of hydrogen-bond donors (Lipinski definition) is 0. The second kappa shape index (κ2) is 1.99. The second-order valence-electron chi connectivity index (χ2n) is 2.76. The molecular weight excluding hydrogens is 168 g/mol. The van der Waals surface area contributed by atoms with Crippen molar-refractivity contribution in [1.82, 2.24) is 0 Å². The summed E-state index contributed by atoms with van der Waals surface area (Å²) >= 11 is 3.53. The van der Waals surface area contributed by atoms with Crippen molar-refractivity contribution in [3.05, 3.63) is 0 Å². The second-order valence-corrected chi connectivity index (χ2v) is 3.86. The van der Waals surface area contributed by atoms with Gasteiger partial charge in [0.05, 0.1) is 6.61 Å². The SMILES string of the molecule is COC[C@@]1(C)C[C@H]1Br. The van der Waals surface area contributed by atoms with Gasteiger partial charge < -0.3 is 4.74 Å². The van der Waals surface area contributed by atoms with Crippen LogP contribution >= 0.6 is 15.9 Å². The summed E-state index contributed by atoms with van der Waals surface area (Å²) < 4.78 is 5.01. The van der Waals surface area contributed by atoms with E-state index in [1.165, 1.54) is 6.42 Å². The van der Waals surface area contributed by atoms with Gasteiger partial charge >= 0.3 is 0 Å². The topological polar surface area (TPSA) is 9.23 Å². The van der Waals surface area contributed by atoms with Crippen LogP contribution in [0.1, 0.15) is 13.3 Å². The van der Waals surface area contributed by atoms with Crippen molar-refractivity contribution in [1.29, 1.82) is 0 Å². The molecule has 0 bridgehead atoms. The normalized spacial score (nSPS) is 44.6. The van der Waals surface area contributed by atoms with Crippen molar-refractivity contribution in [3.63, 3.8) is 0 Å². The van der Waals surface area contributed by atoms with Gasteiger partial charge in [-0.05, 0) is 6.42 Å². The van der Waals surface area contributed by atoms with Crippen LogP contribution in [0.3, 0.4) is 0 Å². The standard InChI is InChI=1S/C6H11BrO/c1-6(4-8-2)3-5(6)7/h5H,3-4H2,1-2H3/t5-,6-/m1/s1. The molecule has 0 radical (unpaired) electrons. The first kappa shape index (κ1) is 6.56. The Kier molecular flexibility index (Phi) is 1.63. The molecule has 2 heteroatoms. The highest BCUT2D eigenvalue weighted by Gasteiger charge is 2.48. The van der Waals surface area contributed by atoms with Crippen LogP contribution in [0.2, 0.25) is 0 Å². The van der Waals surface area contributed by atoms with Crippen LogP contribution in [0, 0.1) is 5.41 Å². The molecule has 1 rings (SSSR count). The third-order valence-electron chi connectivity index (χ3n) is 1.72. The Labute approximate surface area is 58.5 Å². The van der Waals surface area contributed by atoms with Crippen molar-refractivity contribution in [2.75, 3.05) is 13.7 Å². The van der Waals surface area contributed by atoms with Crippen LogP contribution in [0.15, 0.2) is 0 Å². The van der Waals surface area contributed by atoms with Crippen LogP contribution in [0.25, 0.3) is 0 Å². The molecule has 48 valence electrons. The third kappa shape index (κ3) is 1.06. The first-order valence-electron chi connectivity index (χ1n) is 2.82. The van der Waals surface area contributed by atoms with Crippen LogP contribution in [-0.2, 0) is 4.74 Å². The van der Waals surface area contributed by atoms with Gasteiger partial charge in [0.2, 0.25) is 0 Å². The summed E-state index contributed by atoms with van der Waals surface area (Å²) in [4.78, 5) is 0.704. The molecule has 1 aliphatic rings. The van der Waals surface area contributed by atoms with E-state index in [0.29, 0.717) is 10.2 Å². The van der Waals surface area contributed by atoms with Crippen molar-refractivity contribution >= 4 is 15.9 Å². The Balaban J connectivity index is 2.25. The monoisotopic (exact) mass is 178 g/mol. The molecule has 2 atom stereocenters. The Morgan fingerprint density at radius 1 is 1.88 bits per heavy atom. The zero-order chi connectivity index (χ0) is 6.20. The van der Waals surface area contributed by atoms with E-state index in [1.807, 2.05) is 0 Å². The van der Waals surface area contributed by atoms with Gasteiger partial charge in [-0.1, -0.05) is 22.9 Å². The van der Waals surface area contributed by atoms with E-state index >= 15 is 0 Å². The summed E-state index contributed by atoms with van der Waals surface area (Å²) in [7, 11) is 1.75. The summed E-state index contributed by atoms with van der Waals surface area (Å²) in [6.07, 6.45) is 1.26. The van der Waals surface area contributed by atoms with E-state index in [9.17, 15) is 0 Å². The summed E-state index contributed by atoms with van der Waals surface area (Å²) in [6.45, 7) is 3.12. The number of halogens is 1. The van der Waals surface area contributed by atoms with E-state index in [-0.39, 0.29) is 0 Å². The lowest BCUT2D eigenvalue weighted by atomic mass is 10.2. The number of ether oxygens (including phenoxy) is 1. The molecule has 0 spiro atoms. The fraction of sp³-hybridized carbons (Fsp3) is 1.00. The van der Waals surface area contributed by atoms with Gasteiger partial charge in [-0.2, -0.15) is 0 Å². The lowest BCUT2D eigenvalue weighted by Crippen LogP contribution is -2.05. The zero-order valence-electron chi connectivity index (χ0n) is 5.28. The first-order chi connectivity index (χ1) is 3.69. The van der Waals surface area contributed by atoms with E-state index in [2.05, 4.69) is 22.9 Å². The van der Waals surface area contributed by atoms with Crippen LogP contribution in [0.4, 0.5) is 0 Å². The fourth-order valence-electron chi connectivity index (χ4n) is 0.830. The molecule has 8 heavy (non-hydrogen) atoms. The summed E-state index contributed by atoms with van der Waals surface area (Å²) in [5.41, 5.74) is 0.453. The molecule has 0 saturated heterocycles. The number of rotatable bonds is 2. The van der Waals surface area contributed by atoms with Gasteiger partial charge in [0.15, 0.2) is 0 Å². The molecule has 0 N–H and O–H groups in total. The Hall–Kier alpha value is 0.440. The van der Waals surface area contributed by atoms with Gasteiger partial charge in [0, 0.05) is 17.4 Å². The molecule has 1 fully saturated rings. The minimum atomic E-state index is 0.453. The van der Waals surface area contributed by atoms with Crippen molar-refractivity contribution < 1.29 is 4.74 Å². The van der Waals surface area contributed by atoms with Crippen LogP contribution in [-0.4, -0.2) is 18.5 Å². The minimum Gasteiger partial charge on any atom is -0.384 e. The van der Waals surface area contributed by atoms with E-state index in [1.54, 1.807) is 7.11 Å². The molecule has 0 amide bonds. The Morgan fingerprint density at radius 3 is 2.50 bits per heavy atom. The van der Waals surface area contributed by atoms with Crippen LogP contribution < -0.4 is 0 Å². The molecule has 0 aromatic rings. The summed E-state index contributed by atoms with van der Waals surface area (Å²) in [5.74, 6) is 0. The number of alkyl halides is 1. The van der Waals surface area contributed by atoms with Crippen molar-refractivity contribution in [3.8, 4) is 0 Å². The van der Waals surface area contributed by atoms with E-state index < -0.39 is 0 Å². The van der Waals surface area contributed by atoms with Crippen LogP contribution in [0.5, 0.6) is 0 Å². The lowest BCUT2D eigenvalue weighted by Gasteiger charge is -2.04. The Morgan fingerprint density at radius 2 is 2.38 bits per heavy atom. The van der Waals surface area contributed by atoms with E-state index in [4.69, 9.17) is 4.74 Å². The highest BCUT2D eigenvalue weighted by Crippen LogP contribution is 2.50. The molecule has 0 heterocycles. The molecule has 0 unspecified atom stereocenters. The predicted octanol–water partition coefficient (Wildman–Crippen LogP) is 1.81. The van der Waals surface area contributed by atoms with Gasteiger partial charge in [-0.25, -0.2) is 0 Å².